The van der Waals surface area contributed by atoms with Crippen LogP contribution in [-0.4, -0.2) is 21.1 Å². The lowest BCUT2D eigenvalue weighted by Gasteiger charge is -1.98. The number of ether oxygens (including phenoxy) is 1. The molecule has 3 rings (SSSR count). The van der Waals surface area contributed by atoms with Gasteiger partial charge in [-0.1, -0.05) is 5.16 Å². The molecular formula is C12H8BrN3O4. The molecule has 0 radical (unpaired) electrons. The summed E-state index contributed by atoms with van der Waals surface area (Å²) in [5, 5.41) is 3.70. The number of esters is 1. The average Bonchev–Trinajstić information content (AvgIpc) is 3.16. The summed E-state index contributed by atoms with van der Waals surface area (Å²) >= 11 is 3.23. The van der Waals surface area contributed by atoms with E-state index >= 15 is 0 Å². The third-order valence-corrected chi connectivity index (χ3v) is 2.86. The van der Waals surface area contributed by atoms with Gasteiger partial charge in [-0.15, -0.1) is 0 Å². The van der Waals surface area contributed by atoms with Crippen LogP contribution in [0.25, 0.3) is 11.7 Å². The van der Waals surface area contributed by atoms with Gasteiger partial charge in [0.15, 0.2) is 12.4 Å². The first-order valence-electron chi connectivity index (χ1n) is 5.60. The molecule has 3 aromatic heterocycles. The van der Waals surface area contributed by atoms with Crippen LogP contribution >= 0.6 is 15.9 Å². The maximum atomic E-state index is 11.7. The summed E-state index contributed by atoms with van der Waals surface area (Å²) < 4.78 is 15.9. The molecule has 0 unspecified atom stereocenters. The Morgan fingerprint density at radius 1 is 1.50 bits per heavy atom. The Kier molecular flexibility index (Phi) is 3.38. The summed E-state index contributed by atoms with van der Waals surface area (Å²) in [6, 6.07) is 5.02. The molecule has 3 aromatic rings. The highest BCUT2D eigenvalue weighted by molar-refractivity contribution is 9.10. The fourth-order valence-corrected chi connectivity index (χ4v) is 1.85. The summed E-state index contributed by atoms with van der Waals surface area (Å²) in [6.45, 7) is -0.0836. The first-order chi connectivity index (χ1) is 9.72. The van der Waals surface area contributed by atoms with Gasteiger partial charge in [-0.3, -0.25) is 0 Å². The smallest absolute Gasteiger partial charge is 0.355 e. The number of hydrogen-bond donors (Lipinski definition) is 1. The van der Waals surface area contributed by atoms with Crippen LogP contribution < -0.4 is 0 Å². The van der Waals surface area contributed by atoms with E-state index in [1.54, 1.807) is 24.4 Å². The van der Waals surface area contributed by atoms with Gasteiger partial charge in [0.1, 0.15) is 5.69 Å². The zero-order chi connectivity index (χ0) is 13.9. The predicted molar refractivity (Wildman–Crippen MR) is 69.6 cm³/mol. The van der Waals surface area contributed by atoms with Crippen LogP contribution in [0.5, 0.6) is 0 Å². The maximum absolute atomic E-state index is 11.7. The highest BCUT2D eigenvalue weighted by Crippen LogP contribution is 2.17. The molecule has 0 saturated heterocycles. The Morgan fingerprint density at radius 3 is 3.10 bits per heavy atom. The monoisotopic (exact) mass is 337 g/mol. The highest BCUT2D eigenvalue weighted by Gasteiger charge is 2.14. The number of aromatic nitrogens is 3. The number of hydrogen-bond acceptors (Lipinski definition) is 6. The van der Waals surface area contributed by atoms with Crippen molar-refractivity contribution in [2.45, 2.75) is 6.61 Å². The Hall–Kier alpha value is -2.35. The fraction of sp³-hybridized carbons (Fsp3) is 0.0833. The van der Waals surface area contributed by atoms with E-state index in [0.29, 0.717) is 11.5 Å². The summed E-state index contributed by atoms with van der Waals surface area (Å²) in [5.74, 6) is 0.461. The van der Waals surface area contributed by atoms with Crippen molar-refractivity contribution in [1.82, 2.24) is 15.1 Å². The number of rotatable bonds is 4. The maximum Gasteiger partial charge on any atom is 0.355 e. The lowest BCUT2D eigenvalue weighted by molar-refractivity contribution is 0.0453. The molecule has 3 heterocycles. The Bertz CT molecular complexity index is 717. The van der Waals surface area contributed by atoms with Crippen LogP contribution in [0.2, 0.25) is 0 Å². The van der Waals surface area contributed by atoms with E-state index in [9.17, 15) is 4.79 Å². The average molecular weight is 338 g/mol. The van der Waals surface area contributed by atoms with E-state index in [2.05, 4.69) is 31.1 Å². The topological polar surface area (TPSA) is 94.2 Å². The van der Waals surface area contributed by atoms with Crippen molar-refractivity contribution in [3.63, 3.8) is 0 Å². The third-order valence-electron chi connectivity index (χ3n) is 2.40. The fourth-order valence-electron chi connectivity index (χ4n) is 1.51. The molecule has 0 aliphatic rings. The molecule has 0 bridgehead atoms. The standard InChI is InChI=1S/C12H8BrN3O4/c13-7-4-8(14-5-7)12(17)19-6-10-15-11(20-16-10)9-2-1-3-18-9/h1-5,14H,6H2. The number of furan rings is 1. The molecule has 0 aromatic carbocycles. The van der Waals surface area contributed by atoms with Crippen molar-refractivity contribution in [3.8, 4) is 11.7 Å². The molecule has 8 heteroatoms. The molecule has 0 aliphatic heterocycles. The van der Waals surface area contributed by atoms with E-state index in [1.807, 2.05) is 0 Å². The first kappa shape index (κ1) is 12.7. The van der Waals surface area contributed by atoms with Crippen LogP contribution in [0.3, 0.4) is 0 Å². The van der Waals surface area contributed by atoms with E-state index in [-0.39, 0.29) is 18.3 Å². The summed E-state index contributed by atoms with van der Waals surface area (Å²) in [6.07, 6.45) is 3.14. The van der Waals surface area contributed by atoms with Gasteiger partial charge in [0, 0.05) is 10.7 Å². The number of nitrogens with one attached hydrogen (secondary N) is 1. The van der Waals surface area contributed by atoms with E-state index in [0.717, 1.165) is 4.47 Å². The summed E-state index contributed by atoms with van der Waals surface area (Å²) in [7, 11) is 0. The molecule has 0 fully saturated rings. The largest absolute Gasteiger partial charge is 0.459 e. The molecule has 20 heavy (non-hydrogen) atoms. The van der Waals surface area contributed by atoms with Crippen LogP contribution in [0.4, 0.5) is 0 Å². The van der Waals surface area contributed by atoms with E-state index in [4.69, 9.17) is 13.7 Å². The number of H-pyrrole nitrogens is 1. The number of aromatic amines is 1. The van der Waals surface area contributed by atoms with Crippen LogP contribution in [-0.2, 0) is 11.3 Å². The van der Waals surface area contributed by atoms with Gasteiger partial charge < -0.3 is 18.7 Å². The van der Waals surface area contributed by atoms with Crippen LogP contribution in [0, 0.1) is 0 Å². The van der Waals surface area contributed by atoms with Gasteiger partial charge in [-0.05, 0) is 34.1 Å². The van der Waals surface area contributed by atoms with Gasteiger partial charge in [0.2, 0.25) is 5.82 Å². The molecule has 102 valence electrons. The van der Waals surface area contributed by atoms with Crippen molar-refractivity contribution < 1.29 is 18.5 Å². The Morgan fingerprint density at radius 2 is 2.40 bits per heavy atom. The lowest BCUT2D eigenvalue weighted by Crippen LogP contribution is -2.06. The second-order valence-corrected chi connectivity index (χ2v) is 4.72. The molecule has 7 nitrogen and oxygen atoms in total. The number of nitrogens with zero attached hydrogens (tertiary/aromatic N) is 2. The highest BCUT2D eigenvalue weighted by atomic mass is 79.9. The third kappa shape index (κ3) is 2.64. The quantitative estimate of drug-likeness (QED) is 0.735. The van der Waals surface area contributed by atoms with Crippen molar-refractivity contribution in [2.24, 2.45) is 0 Å². The Labute approximate surface area is 121 Å². The molecule has 0 amide bonds. The second-order valence-electron chi connectivity index (χ2n) is 3.80. The van der Waals surface area contributed by atoms with Crippen molar-refractivity contribution in [2.75, 3.05) is 0 Å². The zero-order valence-corrected chi connectivity index (χ0v) is 11.6. The molecule has 0 aliphatic carbocycles. The van der Waals surface area contributed by atoms with E-state index < -0.39 is 5.97 Å². The van der Waals surface area contributed by atoms with Crippen molar-refractivity contribution in [1.29, 1.82) is 0 Å². The van der Waals surface area contributed by atoms with Crippen molar-refractivity contribution in [3.05, 3.63) is 46.7 Å². The lowest BCUT2D eigenvalue weighted by atomic mass is 10.4. The second kappa shape index (κ2) is 5.33. The summed E-state index contributed by atoms with van der Waals surface area (Å²) in [4.78, 5) is 18.5. The number of carbonyl (C=O) groups is 1. The SMILES string of the molecule is O=C(OCc1noc(-c2ccco2)n1)c1cc(Br)c[nH]1. The van der Waals surface area contributed by atoms with Gasteiger partial charge in [0.05, 0.1) is 6.26 Å². The zero-order valence-electron chi connectivity index (χ0n) is 10.00. The molecular weight excluding hydrogens is 330 g/mol. The number of carbonyl (C=O) groups excluding carboxylic acids is 1. The van der Waals surface area contributed by atoms with Gasteiger partial charge >= 0.3 is 5.97 Å². The molecule has 0 atom stereocenters. The van der Waals surface area contributed by atoms with E-state index in [1.165, 1.54) is 6.26 Å². The minimum Gasteiger partial charge on any atom is -0.459 e. The number of halogens is 1. The van der Waals surface area contributed by atoms with Crippen LogP contribution in [0.1, 0.15) is 16.3 Å². The van der Waals surface area contributed by atoms with Gasteiger partial charge in [-0.2, -0.15) is 4.98 Å². The summed E-state index contributed by atoms with van der Waals surface area (Å²) in [5.41, 5.74) is 0.339. The minimum absolute atomic E-state index is 0.0836. The molecule has 0 spiro atoms. The van der Waals surface area contributed by atoms with Crippen LogP contribution in [0.15, 0.2) is 44.1 Å². The minimum atomic E-state index is -0.500. The van der Waals surface area contributed by atoms with Crippen molar-refractivity contribution >= 4 is 21.9 Å². The van der Waals surface area contributed by atoms with Gasteiger partial charge in [0.25, 0.3) is 5.89 Å². The molecule has 0 saturated carbocycles. The normalized spacial score (nSPS) is 10.7. The first-order valence-corrected chi connectivity index (χ1v) is 6.39. The molecule has 1 N–H and O–H groups in total. The van der Waals surface area contributed by atoms with Gasteiger partial charge in [-0.25, -0.2) is 4.79 Å². The Balaban J connectivity index is 1.63. The predicted octanol–water partition coefficient (Wildman–Crippen LogP) is 2.78.